The number of likely N-dealkylation sites (tertiary alicyclic amines) is 1. The standard InChI is InChI=1S/C22H32FN3O4S/c1-17(18-8-4-2-5-9-18)24-21(27)25-13-12-22(20(23)16-25)26(14-15-30-22)31(28,29)19-10-6-3-7-11-19/h3,6-7,10-11,17-18,20H,2,4-5,8-9,12-16H2,1H3,(H,24,27)/t17-,20?,22?/m0/s1. The van der Waals surface area contributed by atoms with Crippen LogP contribution in [0.2, 0.25) is 0 Å². The van der Waals surface area contributed by atoms with Crippen LogP contribution in [0.15, 0.2) is 35.2 Å². The number of benzene rings is 1. The number of carbonyl (C=O) groups is 1. The molecule has 1 N–H and O–H groups in total. The van der Waals surface area contributed by atoms with Crippen molar-refractivity contribution in [3.8, 4) is 0 Å². The van der Waals surface area contributed by atoms with Crippen molar-refractivity contribution in [2.24, 2.45) is 5.92 Å². The third-order valence-corrected chi connectivity index (χ3v) is 8.94. The normalized spacial score (nSPS) is 29.2. The van der Waals surface area contributed by atoms with Crippen LogP contribution < -0.4 is 5.32 Å². The molecule has 0 bridgehead atoms. The fraction of sp³-hybridized carbons (Fsp3) is 0.682. The quantitative estimate of drug-likeness (QED) is 0.760. The lowest BCUT2D eigenvalue weighted by atomic mass is 9.84. The van der Waals surface area contributed by atoms with E-state index in [1.54, 1.807) is 18.2 Å². The Morgan fingerprint density at radius 2 is 1.90 bits per heavy atom. The summed E-state index contributed by atoms with van der Waals surface area (Å²) < 4.78 is 48.7. The summed E-state index contributed by atoms with van der Waals surface area (Å²) in [4.78, 5) is 14.3. The Balaban J connectivity index is 1.43. The molecular formula is C22H32FN3O4S. The lowest BCUT2D eigenvalue weighted by Gasteiger charge is -2.45. The van der Waals surface area contributed by atoms with Crippen LogP contribution in [0.1, 0.15) is 45.4 Å². The molecule has 3 aliphatic rings. The Labute approximate surface area is 184 Å². The average molecular weight is 454 g/mol. The first-order valence-electron chi connectivity index (χ1n) is 11.3. The molecule has 1 spiro atoms. The van der Waals surface area contributed by atoms with Crippen LogP contribution in [0.3, 0.4) is 0 Å². The SMILES string of the molecule is C[C@H](NC(=O)N1CCC2(OCCN2S(=O)(=O)c2ccccc2)C(F)C1)C1CCCCC1. The van der Waals surface area contributed by atoms with Crippen molar-refractivity contribution in [1.29, 1.82) is 0 Å². The highest BCUT2D eigenvalue weighted by molar-refractivity contribution is 7.89. The highest BCUT2D eigenvalue weighted by atomic mass is 32.2. The van der Waals surface area contributed by atoms with E-state index >= 15 is 4.39 Å². The maximum atomic E-state index is 15.5. The molecular weight excluding hydrogens is 421 g/mol. The van der Waals surface area contributed by atoms with Gasteiger partial charge >= 0.3 is 6.03 Å². The number of amides is 2. The molecule has 172 valence electrons. The first kappa shape index (κ1) is 22.5. The van der Waals surface area contributed by atoms with Gasteiger partial charge < -0.3 is 15.0 Å². The largest absolute Gasteiger partial charge is 0.355 e. The third kappa shape index (κ3) is 4.32. The van der Waals surface area contributed by atoms with Crippen LogP contribution in [0.4, 0.5) is 9.18 Å². The van der Waals surface area contributed by atoms with Crippen LogP contribution in [-0.2, 0) is 14.8 Å². The maximum absolute atomic E-state index is 15.5. The molecule has 1 aromatic rings. The second kappa shape index (κ2) is 9.03. The van der Waals surface area contributed by atoms with Gasteiger partial charge in [0.2, 0.25) is 10.0 Å². The van der Waals surface area contributed by atoms with Gasteiger partial charge in [0.25, 0.3) is 0 Å². The Bertz CT molecular complexity index is 878. The number of urea groups is 1. The third-order valence-electron chi connectivity index (χ3n) is 7.01. The fourth-order valence-electron chi connectivity index (χ4n) is 5.16. The van der Waals surface area contributed by atoms with Crippen LogP contribution in [0, 0.1) is 5.92 Å². The van der Waals surface area contributed by atoms with E-state index in [2.05, 4.69) is 5.32 Å². The van der Waals surface area contributed by atoms with E-state index in [0.29, 0.717) is 5.92 Å². The molecule has 2 aliphatic heterocycles. The molecule has 0 radical (unpaired) electrons. The summed E-state index contributed by atoms with van der Waals surface area (Å²) in [6.07, 6.45) is 4.31. The number of nitrogens with one attached hydrogen (secondary N) is 1. The number of piperidine rings is 1. The Hall–Kier alpha value is -1.71. The number of rotatable bonds is 4. The molecule has 2 unspecified atom stereocenters. The predicted molar refractivity (Wildman–Crippen MR) is 115 cm³/mol. The van der Waals surface area contributed by atoms with E-state index in [1.165, 1.54) is 36.3 Å². The lowest BCUT2D eigenvalue weighted by molar-refractivity contribution is -0.135. The van der Waals surface area contributed by atoms with Crippen molar-refractivity contribution in [2.75, 3.05) is 26.2 Å². The second-order valence-corrected chi connectivity index (χ2v) is 10.7. The number of nitrogens with zero attached hydrogens (tertiary/aromatic N) is 2. The number of sulfonamides is 1. The van der Waals surface area contributed by atoms with Gasteiger partial charge in [-0.3, -0.25) is 0 Å². The molecule has 7 nitrogen and oxygen atoms in total. The maximum Gasteiger partial charge on any atom is 0.317 e. The van der Waals surface area contributed by atoms with E-state index in [0.717, 1.165) is 17.1 Å². The van der Waals surface area contributed by atoms with Crippen LogP contribution in [0.5, 0.6) is 0 Å². The molecule has 2 saturated heterocycles. The summed E-state index contributed by atoms with van der Waals surface area (Å²) in [5.41, 5.74) is -1.56. The van der Waals surface area contributed by atoms with Gasteiger partial charge in [-0.25, -0.2) is 17.6 Å². The van der Waals surface area contributed by atoms with Crippen molar-refractivity contribution >= 4 is 16.1 Å². The molecule has 3 atom stereocenters. The molecule has 4 rings (SSSR count). The summed E-state index contributed by atoms with van der Waals surface area (Å²) in [5, 5.41) is 3.03. The van der Waals surface area contributed by atoms with Gasteiger partial charge in [-0.2, -0.15) is 4.31 Å². The molecule has 2 heterocycles. The van der Waals surface area contributed by atoms with E-state index < -0.39 is 21.9 Å². The van der Waals surface area contributed by atoms with E-state index in [1.807, 2.05) is 6.92 Å². The molecule has 31 heavy (non-hydrogen) atoms. The topological polar surface area (TPSA) is 79.0 Å². The van der Waals surface area contributed by atoms with Crippen molar-refractivity contribution in [3.63, 3.8) is 0 Å². The van der Waals surface area contributed by atoms with Gasteiger partial charge in [0.1, 0.15) is 0 Å². The first-order valence-corrected chi connectivity index (χ1v) is 12.7. The summed E-state index contributed by atoms with van der Waals surface area (Å²) >= 11 is 0. The second-order valence-electron chi connectivity index (χ2n) is 8.88. The summed E-state index contributed by atoms with van der Waals surface area (Å²) in [5.74, 6) is 0.458. The molecule has 9 heteroatoms. The summed E-state index contributed by atoms with van der Waals surface area (Å²) in [6.45, 7) is 2.30. The number of halogens is 1. The average Bonchev–Trinajstić information content (AvgIpc) is 3.22. The fourth-order valence-corrected chi connectivity index (χ4v) is 6.89. The highest BCUT2D eigenvalue weighted by Gasteiger charge is 2.57. The van der Waals surface area contributed by atoms with Crippen LogP contribution >= 0.6 is 0 Å². The van der Waals surface area contributed by atoms with Gasteiger partial charge in [0.15, 0.2) is 11.9 Å². The lowest BCUT2D eigenvalue weighted by Crippen LogP contribution is -2.64. The Morgan fingerprint density at radius 3 is 2.58 bits per heavy atom. The molecule has 0 aromatic heterocycles. The number of carbonyl (C=O) groups excluding carboxylic acids is 1. The van der Waals surface area contributed by atoms with E-state index in [-0.39, 0.29) is 49.6 Å². The van der Waals surface area contributed by atoms with Crippen molar-refractivity contribution < 1.29 is 22.3 Å². The highest BCUT2D eigenvalue weighted by Crippen LogP contribution is 2.40. The zero-order valence-corrected chi connectivity index (χ0v) is 18.8. The van der Waals surface area contributed by atoms with Crippen LogP contribution in [-0.4, -0.2) is 67.8 Å². The van der Waals surface area contributed by atoms with Gasteiger partial charge in [0.05, 0.1) is 18.0 Å². The number of hydrogen-bond donors (Lipinski definition) is 1. The molecule has 2 amide bonds. The Morgan fingerprint density at radius 1 is 1.19 bits per heavy atom. The van der Waals surface area contributed by atoms with Crippen molar-refractivity contribution in [2.45, 2.75) is 68.3 Å². The number of ether oxygens (including phenoxy) is 1. The number of alkyl halides is 1. The van der Waals surface area contributed by atoms with Gasteiger partial charge in [-0.1, -0.05) is 37.5 Å². The minimum atomic E-state index is -3.90. The van der Waals surface area contributed by atoms with E-state index in [9.17, 15) is 13.2 Å². The van der Waals surface area contributed by atoms with E-state index in [4.69, 9.17) is 4.74 Å². The van der Waals surface area contributed by atoms with Gasteiger partial charge in [-0.05, 0) is 37.8 Å². The minimum Gasteiger partial charge on any atom is -0.355 e. The molecule has 3 fully saturated rings. The number of hydrogen-bond acceptors (Lipinski definition) is 4. The molecule has 1 aliphatic carbocycles. The monoisotopic (exact) mass is 453 g/mol. The van der Waals surface area contributed by atoms with Crippen molar-refractivity contribution in [1.82, 2.24) is 14.5 Å². The first-order chi connectivity index (χ1) is 14.8. The zero-order chi connectivity index (χ0) is 22.1. The van der Waals surface area contributed by atoms with Crippen molar-refractivity contribution in [3.05, 3.63) is 30.3 Å². The predicted octanol–water partition coefficient (Wildman–Crippen LogP) is 3.13. The summed E-state index contributed by atoms with van der Waals surface area (Å²) in [6, 6.07) is 7.78. The minimum absolute atomic E-state index is 0.0411. The van der Waals surface area contributed by atoms with Crippen LogP contribution in [0.25, 0.3) is 0 Å². The smallest absolute Gasteiger partial charge is 0.317 e. The molecule has 1 aromatic carbocycles. The van der Waals surface area contributed by atoms with Gasteiger partial charge in [0, 0.05) is 25.6 Å². The summed E-state index contributed by atoms with van der Waals surface area (Å²) in [7, 11) is -3.90. The molecule has 1 saturated carbocycles. The van der Waals surface area contributed by atoms with Gasteiger partial charge in [-0.15, -0.1) is 0 Å². The Kier molecular flexibility index (Phi) is 6.55. The zero-order valence-electron chi connectivity index (χ0n) is 18.0.